The van der Waals surface area contributed by atoms with E-state index in [2.05, 4.69) is 25.2 Å². The fourth-order valence-electron chi connectivity index (χ4n) is 1.57. The fourth-order valence-corrected chi connectivity index (χ4v) is 1.87. The van der Waals surface area contributed by atoms with Crippen LogP contribution in [0.15, 0.2) is 18.2 Å². The van der Waals surface area contributed by atoms with Crippen LogP contribution >= 0.6 is 11.6 Å². The predicted octanol–water partition coefficient (Wildman–Crippen LogP) is 3.32. The van der Waals surface area contributed by atoms with E-state index in [1.54, 1.807) is 0 Å². The first kappa shape index (κ1) is 10.6. The van der Waals surface area contributed by atoms with E-state index in [4.69, 9.17) is 11.6 Å². The summed E-state index contributed by atoms with van der Waals surface area (Å²) >= 11 is 5.98. The van der Waals surface area contributed by atoms with Crippen molar-refractivity contribution in [2.24, 2.45) is 0 Å². The van der Waals surface area contributed by atoms with Crippen molar-refractivity contribution in [3.05, 3.63) is 34.3 Å². The quantitative estimate of drug-likeness (QED) is 0.784. The summed E-state index contributed by atoms with van der Waals surface area (Å²) in [5, 5.41) is 4.09. The first-order valence-corrected chi connectivity index (χ1v) is 4.99. The average Bonchev–Trinajstić information content (AvgIpc) is 2.04. The number of hydrogen-bond donors (Lipinski definition) is 1. The molecule has 0 fully saturated rings. The highest BCUT2D eigenvalue weighted by Gasteiger charge is 2.06. The van der Waals surface area contributed by atoms with Crippen LogP contribution in [0, 0.1) is 6.92 Å². The lowest BCUT2D eigenvalue weighted by molar-refractivity contribution is 0.576. The molecule has 1 aromatic carbocycles. The first-order valence-electron chi connectivity index (χ1n) is 4.61. The van der Waals surface area contributed by atoms with Crippen LogP contribution < -0.4 is 5.32 Å². The Bertz CT molecular complexity index is 259. The zero-order valence-electron chi connectivity index (χ0n) is 8.39. The lowest BCUT2D eigenvalue weighted by Crippen LogP contribution is -2.15. The van der Waals surface area contributed by atoms with Crippen molar-refractivity contribution >= 4 is 11.6 Å². The Morgan fingerprint density at radius 2 is 2.08 bits per heavy atom. The molecule has 0 aliphatic heterocycles. The van der Waals surface area contributed by atoms with Gasteiger partial charge in [0, 0.05) is 11.1 Å². The summed E-state index contributed by atoms with van der Waals surface area (Å²) in [5.74, 6) is 0. The molecule has 1 N–H and O–H groups in total. The molecule has 2 heteroatoms. The van der Waals surface area contributed by atoms with Crippen LogP contribution in [0.5, 0.6) is 0 Å². The highest BCUT2D eigenvalue weighted by molar-refractivity contribution is 6.30. The Balaban J connectivity index is 2.99. The molecular weight excluding hydrogens is 182 g/mol. The standard InChI is InChI=1S/C11H16ClN/c1-4-11(13-3)9-5-8(2)6-10(12)7-9/h5-7,11,13H,4H2,1-3H3. The summed E-state index contributed by atoms with van der Waals surface area (Å²) in [6.45, 7) is 4.23. The second kappa shape index (κ2) is 4.64. The third-order valence-electron chi connectivity index (χ3n) is 2.22. The van der Waals surface area contributed by atoms with Crippen LogP contribution in [-0.2, 0) is 0 Å². The highest BCUT2D eigenvalue weighted by Crippen LogP contribution is 2.21. The lowest BCUT2D eigenvalue weighted by atomic mass is 10.0. The Labute approximate surface area is 85.1 Å². The minimum absolute atomic E-state index is 0.414. The third kappa shape index (κ3) is 2.71. The zero-order chi connectivity index (χ0) is 9.84. The maximum absolute atomic E-state index is 5.98. The van der Waals surface area contributed by atoms with Gasteiger partial charge in [-0.05, 0) is 43.7 Å². The molecule has 0 aliphatic rings. The van der Waals surface area contributed by atoms with Gasteiger partial charge in [-0.15, -0.1) is 0 Å². The minimum Gasteiger partial charge on any atom is -0.313 e. The number of benzene rings is 1. The molecule has 0 bridgehead atoms. The van der Waals surface area contributed by atoms with Crippen molar-refractivity contribution in [3.63, 3.8) is 0 Å². The van der Waals surface area contributed by atoms with E-state index in [1.807, 2.05) is 19.2 Å². The largest absolute Gasteiger partial charge is 0.313 e. The van der Waals surface area contributed by atoms with Crippen LogP contribution in [-0.4, -0.2) is 7.05 Å². The Morgan fingerprint density at radius 1 is 1.38 bits per heavy atom. The van der Waals surface area contributed by atoms with E-state index in [0.717, 1.165) is 11.4 Å². The topological polar surface area (TPSA) is 12.0 Å². The van der Waals surface area contributed by atoms with Crippen LogP contribution in [0.25, 0.3) is 0 Å². The van der Waals surface area contributed by atoms with E-state index in [0.29, 0.717) is 6.04 Å². The monoisotopic (exact) mass is 197 g/mol. The second-order valence-electron chi connectivity index (χ2n) is 3.31. The first-order chi connectivity index (χ1) is 6.17. The van der Waals surface area contributed by atoms with Crippen molar-refractivity contribution in [2.45, 2.75) is 26.3 Å². The van der Waals surface area contributed by atoms with Crippen molar-refractivity contribution in [2.75, 3.05) is 7.05 Å². The third-order valence-corrected chi connectivity index (χ3v) is 2.44. The highest BCUT2D eigenvalue weighted by atomic mass is 35.5. The fraction of sp³-hybridized carbons (Fsp3) is 0.455. The van der Waals surface area contributed by atoms with Crippen molar-refractivity contribution in [1.29, 1.82) is 0 Å². The molecule has 0 saturated heterocycles. The van der Waals surface area contributed by atoms with Gasteiger partial charge in [0.05, 0.1) is 0 Å². The zero-order valence-corrected chi connectivity index (χ0v) is 9.15. The summed E-state index contributed by atoms with van der Waals surface area (Å²) in [4.78, 5) is 0. The molecule has 1 nitrogen and oxygen atoms in total. The van der Waals surface area contributed by atoms with Gasteiger partial charge >= 0.3 is 0 Å². The van der Waals surface area contributed by atoms with Gasteiger partial charge in [0.2, 0.25) is 0 Å². The number of rotatable bonds is 3. The molecule has 1 aromatic rings. The molecule has 0 aromatic heterocycles. The molecule has 1 atom stereocenters. The molecule has 0 saturated carbocycles. The van der Waals surface area contributed by atoms with E-state index in [9.17, 15) is 0 Å². The summed E-state index contributed by atoms with van der Waals surface area (Å²) in [7, 11) is 1.98. The van der Waals surface area contributed by atoms with Gasteiger partial charge in [-0.1, -0.05) is 24.6 Å². The smallest absolute Gasteiger partial charge is 0.0411 e. The molecule has 13 heavy (non-hydrogen) atoms. The molecular formula is C11H16ClN. The lowest BCUT2D eigenvalue weighted by Gasteiger charge is -2.15. The van der Waals surface area contributed by atoms with E-state index < -0.39 is 0 Å². The molecule has 0 spiro atoms. The SMILES string of the molecule is CCC(NC)c1cc(C)cc(Cl)c1. The van der Waals surface area contributed by atoms with Crippen molar-refractivity contribution in [1.82, 2.24) is 5.32 Å². The van der Waals surface area contributed by atoms with Crippen LogP contribution in [0.1, 0.15) is 30.5 Å². The number of hydrogen-bond acceptors (Lipinski definition) is 1. The number of aryl methyl sites for hydroxylation is 1. The normalized spacial score (nSPS) is 12.9. The maximum atomic E-state index is 5.98. The van der Waals surface area contributed by atoms with Gasteiger partial charge in [0.1, 0.15) is 0 Å². The van der Waals surface area contributed by atoms with Crippen molar-refractivity contribution in [3.8, 4) is 0 Å². The van der Waals surface area contributed by atoms with Gasteiger partial charge < -0.3 is 5.32 Å². The summed E-state index contributed by atoms with van der Waals surface area (Å²) in [6.07, 6.45) is 1.08. The summed E-state index contributed by atoms with van der Waals surface area (Å²) < 4.78 is 0. The van der Waals surface area contributed by atoms with Gasteiger partial charge in [-0.3, -0.25) is 0 Å². The van der Waals surface area contributed by atoms with E-state index >= 15 is 0 Å². The van der Waals surface area contributed by atoms with E-state index in [-0.39, 0.29) is 0 Å². The van der Waals surface area contributed by atoms with Crippen LogP contribution in [0.4, 0.5) is 0 Å². The predicted molar refractivity (Wildman–Crippen MR) is 58.3 cm³/mol. The Morgan fingerprint density at radius 3 is 2.54 bits per heavy atom. The van der Waals surface area contributed by atoms with Gasteiger partial charge in [0.15, 0.2) is 0 Å². The van der Waals surface area contributed by atoms with Crippen LogP contribution in [0.2, 0.25) is 5.02 Å². The maximum Gasteiger partial charge on any atom is 0.0411 e. The average molecular weight is 198 g/mol. The minimum atomic E-state index is 0.414. The van der Waals surface area contributed by atoms with E-state index in [1.165, 1.54) is 11.1 Å². The van der Waals surface area contributed by atoms with Gasteiger partial charge in [-0.2, -0.15) is 0 Å². The molecule has 0 aliphatic carbocycles. The van der Waals surface area contributed by atoms with Crippen molar-refractivity contribution < 1.29 is 0 Å². The van der Waals surface area contributed by atoms with Gasteiger partial charge in [0.25, 0.3) is 0 Å². The molecule has 0 heterocycles. The van der Waals surface area contributed by atoms with Gasteiger partial charge in [-0.25, -0.2) is 0 Å². The Hall–Kier alpha value is -0.530. The second-order valence-corrected chi connectivity index (χ2v) is 3.75. The summed E-state index contributed by atoms with van der Waals surface area (Å²) in [5.41, 5.74) is 2.49. The molecule has 72 valence electrons. The Kier molecular flexibility index (Phi) is 3.76. The molecule has 0 radical (unpaired) electrons. The van der Waals surface area contributed by atoms with Crippen LogP contribution in [0.3, 0.4) is 0 Å². The number of nitrogens with one attached hydrogen (secondary N) is 1. The number of halogens is 1. The summed E-state index contributed by atoms with van der Waals surface area (Å²) in [6, 6.07) is 6.60. The molecule has 1 rings (SSSR count). The molecule has 0 amide bonds. The molecule has 1 unspecified atom stereocenters.